The van der Waals surface area contributed by atoms with Crippen LogP contribution in [0.25, 0.3) is 0 Å². The van der Waals surface area contributed by atoms with Gasteiger partial charge < -0.3 is 5.32 Å². The molecule has 26 heavy (non-hydrogen) atoms. The molecule has 0 atom stereocenters. The van der Waals surface area contributed by atoms with E-state index < -0.39 is 10.0 Å². The number of hydrogen-bond acceptors (Lipinski definition) is 3. The summed E-state index contributed by atoms with van der Waals surface area (Å²) in [6, 6.07) is 14.7. The predicted molar refractivity (Wildman–Crippen MR) is 106 cm³/mol. The summed E-state index contributed by atoms with van der Waals surface area (Å²) in [4.78, 5) is 12.2. The number of benzene rings is 2. The largest absolute Gasteiger partial charge is 0.355 e. The Morgan fingerprint density at radius 1 is 1.15 bits per heavy atom. The maximum Gasteiger partial charge on any atom is 0.240 e. The van der Waals surface area contributed by atoms with Crippen LogP contribution in [0.15, 0.2) is 48.5 Å². The number of sulfonamides is 1. The maximum atomic E-state index is 12.2. The lowest BCUT2D eigenvalue weighted by atomic mass is 10.1. The molecule has 7 heteroatoms. The Bertz CT molecular complexity index is 869. The van der Waals surface area contributed by atoms with Crippen molar-refractivity contribution in [1.82, 2.24) is 5.32 Å². The van der Waals surface area contributed by atoms with Gasteiger partial charge in [-0.15, -0.1) is 0 Å². The number of carbonyl (C=O) groups excluding carboxylic acids is 1. The van der Waals surface area contributed by atoms with Crippen LogP contribution in [-0.2, 0) is 21.2 Å². The highest BCUT2D eigenvalue weighted by atomic mass is 35.5. The van der Waals surface area contributed by atoms with Gasteiger partial charge in [0.05, 0.1) is 11.9 Å². The van der Waals surface area contributed by atoms with Crippen LogP contribution < -0.4 is 9.62 Å². The molecule has 0 aliphatic heterocycles. The van der Waals surface area contributed by atoms with Crippen LogP contribution in [0.2, 0.25) is 5.02 Å². The van der Waals surface area contributed by atoms with Gasteiger partial charge in [-0.05, 0) is 43.5 Å². The van der Waals surface area contributed by atoms with E-state index in [1.54, 1.807) is 18.2 Å². The first-order chi connectivity index (χ1) is 12.3. The third kappa shape index (κ3) is 6.35. The minimum absolute atomic E-state index is 0.274. The van der Waals surface area contributed by atoms with Crippen molar-refractivity contribution >= 4 is 33.2 Å². The van der Waals surface area contributed by atoms with Crippen molar-refractivity contribution in [2.45, 2.75) is 19.8 Å². The lowest BCUT2D eigenvalue weighted by Crippen LogP contribution is -2.40. The number of anilines is 1. The number of rotatable bonds is 8. The van der Waals surface area contributed by atoms with Crippen molar-refractivity contribution in [2.24, 2.45) is 0 Å². The molecule has 0 unspecified atom stereocenters. The van der Waals surface area contributed by atoms with Gasteiger partial charge in [0.25, 0.3) is 0 Å². The first kappa shape index (κ1) is 20.3. The number of aryl methyl sites for hydroxylation is 2. The molecule has 2 rings (SSSR count). The minimum Gasteiger partial charge on any atom is -0.355 e. The molecule has 0 bridgehead atoms. The Kier molecular flexibility index (Phi) is 7.06. The van der Waals surface area contributed by atoms with Crippen LogP contribution in [0.3, 0.4) is 0 Å². The number of carbonyl (C=O) groups is 1. The second kappa shape index (κ2) is 9.05. The molecule has 2 aromatic rings. The minimum atomic E-state index is -3.59. The van der Waals surface area contributed by atoms with E-state index in [0.29, 0.717) is 17.3 Å². The summed E-state index contributed by atoms with van der Waals surface area (Å²) in [5.74, 6) is -0.348. The van der Waals surface area contributed by atoms with E-state index in [-0.39, 0.29) is 12.5 Å². The smallest absolute Gasteiger partial charge is 0.240 e. The van der Waals surface area contributed by atoms with E-state index in [1.807, 2.05) is 19.1 Å². The van der Waals surface area contributed by atoms with Crippen LogP contribution in [0, 0.1) is 6.92 Å². The highest BCUT2D eigenvalue weighted by Gasteiger charge is 2.20. The summed E-state index contributed by atoms with van der Waals surface area (Å²) in [5, 5.41) is 3.19. The van der Waals surface area contributed by atoms with E-state index in [2.05, 4.69) is 17.4 Å². The number of hydrogen-bond donors (Lipinski definition) is 1. The predicted octanol–water partition coefficient (Wildman–Crippen LogP) is 3.16. The number of amides is 1. The van der Waals surface area contributed by atoms with Gasteiger partial charge in [-0.1, -0.05) is 47.5 Å². The zero-order chi connectivity index (χ0) is 19.2. The molecule has 0 saturated heterocycles. The fraction of sp³-hybridized carbons (Fsp3) is 0.316. The van der Waals surface area contributed by atoms with E-state index in [4.69, 9.17) is 11.6 Å². The van der Waals surface area contributed by atoms with E-state index in [9.17, 15) is 13.2 Å². The van der Waals surface area contributed by atoms with Gasteiger partial charge in [0.15, 0.2) is 0 Å². The second-order valence-corrected chi connectivity index (χ2v) is 8.54. The van der Waals surface area contributed by atoms with E-state index in [0.717, 1.165) is 23.4 Å². The van der Waals surface area contributed by atoms with Crippen LogP contribution in [0.4, 0.5) is 5.69 Å². The SMILES string of the molecule is Cc1cccc(CCCNC(=O)CN(c2cccc(Cl)c2)S(C)(=O)=O)c1. The Morgan fingerprint density at radius 2 is 1.88 bits per heavy atom. The zero-order valence-corrected chi connectivity index (χ0v) is 16.5. The first-order valence-electron chi connectivity index (χ1n) is 8.31. The molecule has 0 fully saturated rings. The molecular formula is C19H23ClN2O3S. The molecule has 0 aromatic heterocycles. The Hall–Kier alpha value is -2.05. The summed E-state index contributed by atoms with van der Waals surface area (Å²) >= 11 is 5.93. The fourth-order valence-corrected chi connectivity index (χ4v) is 3.64. The van der Waals surface area contributed by atoms with Gasteiger partial charge in [-0.2, -0.15) is 0 Å². The van der Waals surface area contributed by atoms with Crippen molar-refractivity contribution < 1.29 is 13.2 Å². The lowest BCUT2D eigenvalue weighted by molar-refractivity contribution is -0.119. The molecular weight excluding hydrogens is 372 g/mol. The highest BCUT2D eigenvalue weighted by Crippen LogP contribution is 2.21. The molecule has 0 aliphatic carbocycles. The number of halogens is 1. The van der Waals surface area contributed by atoms with Crippen LogP contribution >= 0.6 is 11.6 Å². The van der Waals surface area contributed by atoms with Crippen molar-refractivity contribution in [3.05, 3.63) is 64.7 Å². The Labute approximate surface area is 160 Å². The maximum absolute atomic E-state index is 12.2. The quantitative estimate of drug-likeness (QED) is 0.699. The summed E-state index contributed by atoms with van der Waals surface area (Å²) in [6.07, 6.45) is 2.70. The van der Waals surface area contributed by atoms with Crippen molar-refractivity contribution in [1.29, 1.82) is 0 Å². The molecule has 0 radical (unpaired) electrons. The van der Waals surface area contributed by atoms with Gasteiger partial charge in [0.1, 0.15) is 6.54 Å². The zero-order valence-electron chi connectivity index (χ0n) is 14.9. The number of nitrogens with one attached hydrogen (secondary N) is 1. The van der Waals surface area contributed by atoms with Gasteiger partial charge >= 0.3 is 0 Å². The molecule has 0 heterocycles. The fourth-order valence-electron chi connectivity index (χ4n) is 2.61. The molecule has 0 saturated carbocycles. The molecule has 0 spiro atoms. The summed E-state index contributed by atoms with van der Waals surface area (Å²) in [7, 11) is -3.59. The lowest BCUT2D eigenvalue weighted by Gasteiger charge is -2.22. The van der Waals surface area contributed by atoms with Gasteiger partial charge in [0.2, 0.25) is 15.9 Å². The second-order valence-electron chi connectivity index (χ2n) is 6.19. The third-order valence-corrected chi connectivity index (χ3v) is 5.21. The van der Waals surface area contributed by atoms with E-state index in [1.165, 1.54) is 17.2 Å². The Morgan fingerprint density at radius 3 is 2.54 bits per heavy atom. The Balaban J connectivity index is 1.89. The standard InChI is InChI=1S/C19H23ClN2O3S/c1-15-6-3-7-16(12-15)8-5-11-21-19(23)14-22(26(2,24)25)18-10-4-9-17(20)13-18/h3-4,6-7,9-10,12-13H,5,8,11,14H2,1-2H3,(H,21,23). The van der Waals surface area contributed by atoms with Crippen LogP contribution in [-0.4, -0.2) is 33.7 Å². The summed E-state index contributed by atoms with van der Waals surface area (Å²) in [6.45, 7) is 2.25. The average molecular weight is 395 g/mol. The number of nitrogens with zero attached hydrogens (tertiary/aromatic N) is 1. The third-order valence-electron chi connectivity index (χ3n) is 3.83. The molecule has 1 N–H and O–H groups in total. The van der Waals surface area contributed by atoms with Gasteiger partial charge in [-0.25, -0.2) is 8.42 Å². The molecule has 2 aromatic carbocycles. The molecule has 5 nitrogen and oxygen atoms in total. The van der Waals surface area contributed by atoms with Crippen LogP contribution in [0.5, 0.6) is 0 Å². The summed E-state index contributed by atoms with van der Waals surface area (Å²) < 4.78 is 25.1. The topological polar surface area (TPSA) is 66.5 Å². The van der Waals surface area contributed by atoms with E-state index >= 15 is 0 Å². The van der Waals surface area contributed by atoms with Crippen molar-refractivity contribution in [2.75, 3.05) is 23.7 Å². The van der Waals surface area contributed by atoms with Gasteiger partial charge in [0, 0.05) is 11.6 Å². The van der Waals surface area contributed by atoms with Crippen LogP contribution in [0.1, 0.15) is 17.5 Å². The molecule has 1 amide bonds. The van der Waals surface area contributed by atoms with Gasteiger partial charge in [-0.3, -0.25) is 9.10 Å². The monoisotopic (exact) mass is 394 g/mol. The van der Waals surface area contributed by atoms with Crippen molar-refractivity contribution in [3.8, 4) is 0 Å². The normalized spacial score (nSPS) is 11.2. The molecule has 0 aliphatic rings. The summed E-state index contributed by atoms with van der Waals surface area (Å²) in [5.41, 5.74) is 2.79. The average Bonchev–Trinajstić information content (AvgIpc) is 2.55. The molecule has 140 valence electrons. The first-order valence-corrected chi connectivity index (χ1v) is 10.5. The highest BCUT2D eigenvalue weighted by molar-refractivity contribution is 7.92. The van der Waals surface area contributed by atoms with Crippen molar-refractivity contribution in [3.63, 3.8) is 0 Å².